The summed E-state index contributed by atoms with van der Waals surface area (Å²) in [4.78, 5) is 0.751. The average Bonchev–Trinajstić information content (AvgIpc) is 2.76. The van der Waals surface area contributed by atoms with Crippen molar-refractivity contribution in [1.82, 2.24) is 0 Å². The fourth-order valence-corrected chi connectivity index (χ4v) is 4.37. The van der Waals surface area contributed by atoms with E-state index >= 15 is 0 Å². The van der Waals surface area contributed by atoms with E-state index in [1.807, 2.05) is 30.3 Å². The van der Waals surface area contributed by atoms with Crippen LogP contribution in [0.25, 0.3) is 0 Å². The van der Waals surface area contributed by atoms with Gasteiger partial charge in [-0.1, -0.05) is 41.9 Å². The average molecular weight is 292 g/mol. The third kappa shape index (κ3) is 2.34. The van der Waals surface area contributed by atoms with Gasteiger partial charge < -0.3 is 5.73 Å². The minimum absolute atomic E-state index is 0.0733. The van der Waals surface area contributed by atoms with Crippen molar-refractivity contribution >= 4 is 22.4 Å². The summed E-state index contributed by atoms with van der Waals surface area (Å²) in [5.41, 5.74) is 8.56. The summed E-state index contributed by atoms with van der Waals surface area (Å²) in [6, 6.07) is 15.1. The predicted molar refractivity (Wildman–Crippen MR) is 78.7 cm³/mol. The SMILES string of the molecule is NC1c2ccccc2CC1S(=O)c1cccc(Cl)c1. The summed E-state index contributed by atoms with van der Waals surface area (Å²) < 4.78 is 12.7. The Balaban J connectivity index is 1.91. The molecule has 1 aliphatic rings. The second-order valence-corrected chi connectivity index (χ2v) is 6.83. The van der Waals surface area contributed by atoms with Gasteiger partial charge in [0.25, 0.3) is 0 Å². The molecule has 0 spiro atoms. The zero-order chi connectivity index (χ0) is 13.4. The lowest BCUT2D eigenvalue weighted by Crippen LogP contribution is -2.26. The Kier molecular flexibility index (Phi) is 3.44. The molecule has 2 aromatic rings. The van der Waals surface area contributed by atoms with E-state index in [0.29, 0.717) is 5.02 Å². The van der Waals surface area contributed by atoms with E-state index in [1.54, 1.807) is 12.1 Å². The van der Waals surface area contributed by atoms with Crippen molar-refractivity contribution in [3.63, 3.8) is 0 Å². The first kappa shape index (κ1) is 12.9. The van der Waals surface area contributed by atoms with Crippen LogP contribution in [-0.2, 0) is 17.2 Å². The second kappa shape index (κ2) is 5.08. The first-order chi connectivity index (χ1) is 9.16. The maximum atomic E-state index is 12.7. The van der Waals surface area contributed by atoms with Gasteiger partial charge in [0.1, 0.15) is 0 Å². The minimum atomic E-state index is -1.13. The third-order valence-electron chi connectivity index (χ3n) is 3.54. The lowest BCUT2D eigenvalue weighted by atomic mass is 10.1. The Morgan fingerprint density at radius 2 is 1.95 bits per heavy atom. The summed E-state index contributed by atoms with van der Waals surface area (Å²) in [6.07, 6.45) is 0.760. The summed E-state index contributed by atoms with van der Waals surface area (Å²) in [7, 11) is -1.13. The molecule has 2 aromatic carbocycles. The maximum absolute atomic E-state index is 12.7. The third-order valence-corrected chi connectivity index (χ3v) is 5.50. The lowest BCUT2D eigenvalue weighted by molar-refractivity contribution is 0.646. The molecule has 1 aliphatic carbocycles. The normalized spacial score (nSPS) is 23.1. The molecule has 0 heterocycles. The smallest absolute Gasteiger partial charge is 0.0627 e. The Morgan fingerprint density at radius 3 is 2.68 bits per heavy atom. The van der Waals surface area contributed by atoms with Crippen LogP contribution in [0.1, 0.15) is 17.2 Å². The molecule has 3 unspecified atom stereocenters. The van der Waals surface area contributed by atoms with E-state index in [9.17, 15) is 4.21 Å². The van der Waals surface area contributed by atoms with Gasteiger partial charge in [-0.2, -0.15) is 0 Å². The molecule has 98 valence electrons. The summed E-state index contributed by atoms with van der Waals surface area (Å²) in [5, 5.41) is 0.533. The van der Waals surface area contributed by atoms with Gasteiger partial charge >= 0.3 is 0 Å². The van der Waals surface area contributed by atoms with Crippen LogP contribution < -0.4 is 5.73 Å². The molecule has 2 nitrogen and oxygen atoms in total. The van der Waals surface area contributed by atoms with Crippen molar-refractivity contribution in [2.75, 3.05) is 0 Å². The number of nitrogens with two attached hydrogens (primary N) is 1. The van der Waals surface area contributed by atoms with E-state index in [2.05, 4.69) is 6.07 Å². The van der Waals surface area contributed by atoms with Crippen molar-refractivity contribution in [2.45, 2.75) is 22.6 Å². The van der Waals surface area contributed by atoms with Crippen molar-refractivity contribution in [3.05, 3.63) is 64.7 Å². The van der Waals surface area contributed by atoms with Gasteiger partial charge in [-0.3, -0.25) is 4.21 Å². The largest absolute Gasteiger partial charge is 0.323 e. The van der Waals surface area contributed by atoms with E-state index in [0.717, 1.165) is 16.9 Å². The molecule has 19 heavy (non-hydrogen) atoms. The zero-order valence-electron chi connectivity index (χ0n) is 10.3. The highest BCUT2D eigenvalue weighted by molar-refractivity contribution is 7.85. The monoisotopic (exact) mass is 291 g/mol. The molecule has 4 heteroatoms. The summed E-state index contributed by atoms with van der Waals surface area (Å²) >= 11 is 5.96. The van der Waals surface area contributed by atoms with Crippen molar-refractivity contribution in [1.29, 1.82) is 0 Å². The first-order valence-electron chi connectivity index (χ1n) is 6.16. The molecular weight excluding hydrogens is 278 g/mol. The van der Waals surface area contributed by atoms with Gasteiger partial charge in [0, 0.05) is 16.0 Å². The van der Waals surface area contributed by atoms with Crippen LogP contribution in [0, 0.1) is 0 Å². The fraction of sp³-hybridized carbons (Fsp3) is 0.200. The van der Waals surface area contributed by atoms with E-state index in [-0.39, 0.29) is 11.3 Å². The van der Waals surface area contributed by atoms with Crippen LogP contribution >= 0.6 is 11.6 Å². The molecule has 0 bridgehead atoms. The molecule has 2 N–H and O–H groups in total. The van der Waals surface area contributed by atoms with Crippen LogP contribution in [0.4, 0.5) is 0 Å². The topological polar surface area (TPSA) is 43.1 Å². The molecule has 0 aliphatic heterocycles. The van der Waals surface area contributed by atoms with Gasteiger partial charge in [-0.25, -0.2) is 0 Å². The second-order valence-electron chi connectivity index (χ2n) is 4.72. The van der Waals surface area contributed by atoms with Gasteiger partial charge in [0.05, 0.1) is 16.0 Å². The van der Waals surface area contributed by atoms with Crippen molar-refractivity contribution < 1.29 is 4.21 Å². The quantitative estimate of drug-likeness (QED) is 0.924. The predicted octanol–water partition coefficient (Wildman–Crippen LogP) is 3.07. The molecule has 3 rings (SSSR count). The van der Waals surface area contributed by atoms with Crippen molar-refractivity contribution in [3.8, 4) is 0 Å². The molecule has 3 atom stereocenters. The number of hydrogen-bond donors (Lipinski definition) is 1. The van der Waals surface area contributed by atoms with Crippen molar-refractivity contribution in [2.24, 2.45) is 5.73 Å². The Bertz CT molecular complexity index is 644. The Hall–Kier alpha value is -1.16. The standard InChI is InChI=1S/C15H14ClNOS/c16-11-5-3-6-12(9-11)19(18)14-8-10-4-1-2-7-13(10)15(14)17/h1-7,9,14-15H,8,17H2. The van der Waals surface area contributed by atoms with E-state index in [1.165, 1.54) is 5.56 Å². The fourth-order valence-electron chi connectivity index (χ4n) is 2.57. The first-order valence-corrected chi connectivity index (χ1v) is 7.75. The van der Waals surface area contributed by atoms with Gasteiger partial charge in [0.2, 0.25) is 0 Å². The maximum Gasteiger partial charge on any atom is 0.0627 e. The van der Waals surface area contributed by atoms with Crippen LogP contribution in [-0.4, -0.2) is 9.46 Å². The number of rotatable bonds is 2. The molecular formula is C15H14ClNOS. The zero-order valence-corrected chi connectivity index (χ0v) is 11.8. The number of hydrogen-bond acceptors (Lipinski definition) is 2. The molecule has 0 amide bonds. The van der Waals surface area contributed by atoms with Gasteiger partial charge in [-0.05, 0) is 35.7 Å². The number of fused-ring (bicyclic) bond motifs is 1. The van der Waals surface area contributed by atoms with E-state index in [4.69, 9.17) is 17.3 Å². The highest BCUT2D eigenvalue weighted by atomic mass is 35.5. The molecule has 0 saturated heterocycles. The molecule has 0 aromatic heterocycles. The van der Waals surface area contributed by atoms with Crippen LogP contribution in [0.5, 0.6) is 0 Å². The van der Waals surface area contributed by atoms with Crippen LogP contribution in [0.2, 0.25) is 5.02 Å². The van der Waals surface area contributed by atoms with Crippen LogP contribution in [0.3, 0.4) is 0 Å². The summed E-state index contributed by atoms with van der Waals surface area (Å²) in [6.45, 7) is 0. The highest BCUT2D eigenvalue weighted by Gasteiger charge is 2.34. The van der Waals surface area contributed by atoms with Gasteiger partial charge in [-0.15, -0.1) is 0 Å². The minimum Gasteiger partial charge on any atom is -0.323 e. The van der Waals surface area contributed by atoms with Crippen LogP contribution in [0.15, 0.2) is 53.4 Å². The molecule has 0 radical (unpaired) electrons. The molecule has 0 saturated carbocycles. The molecule has 0 fully saturated rings. The Labute approximate surface area is 120 Å². The highest BCUT2D eigenvalue weighted by Crippen LogP contribution is 2.34. The lowest BCUT2D eigenvalue weighted by Gasteiger charge is -2.15. The number of halogens is 1. The van der Waals surface area contributed by atoms with Gasteiger partial charge in [0.15, 0.2) is 0 Å². The Morgan fingerprint density at radius 1 is 1.16 bits per heavy atom. The number of benzene rings is 2. The van der Waals surface area contributed by atoms with E-state index < -0.39 is 10.8 Å². The summed E-state index contributed by atoms with van der Waals surface area (Å²) in [5.74, 6) is 0.